The summed E-state index contributed by atoms with van der Waals surface area (Å²) in [7, 11) is 4.61. The molecule has 1 aliphatic heterocycles. The summed E-state index contributed by atoms with van der Waals surface area (Å²) in [5, 5.41) is 0. The molecule has 0 radical (unpaired) electrons. The number of benzene rings is 2. The van der Waals surface area contributed by atoms with Gasteiger partial charge in [0.2, 0.25) is 0 Å². The Hall–Kier alpha value is -4.31. The molecule has 10 heteroatoms. The lowest BCUT2D eigenvalue weighted by atomic mass is 9.96. The van der Waals surface area contributed by atoms with Gasteiger partial charge in [0.1, 0.15) is 18.1 Å². The highest BCUT2D eigenvalue weighted by Crippen LogP contribution is 2.35. The summed E-state index contributed by atoms with van der Waals surface area (Å²) < 4.78 is 29.3. The average molecular weight is 551 g/mol. The maximum absolute atomic E-state index is 13.9. The molecule has 0 fully saturated rings. The van der Waals surface area contributed by atoms with E-state index in [4.69, 9.17) is 23.7 Å². The van der Waals surface area contributed by atoms with Crippen molar-refractivity contribution in [2.45, 2.75) is 19.9 Å². The Kier molecular flexibility index (Phi) is 8.55. The zero-order chi connectivity index (χ0) is 28.1. The van der Waals surface area contributed by atoms with Crippen molar-refractivity contribution in [3.63, 3.8) is 0 Å². The zero-order valence-electron chi connectivity index (χ0n) is 22.5. The minimum atomic E-state index is -0.733. The molecule has 39 heavy (non-hydrogen) atoms. The van der Waals surface area contributed by atoms with Crippen LogP contribution in [-0.2, 0) is 9.53 Å². The summed E-state index contributed by atoms with van der Waals surface area (Å²) in [6, 6.07) is 9.95. The third kappa shape index (κ3) is 5.46. The van der Waals surface area contributed by atoms with Crippen molar-refractivity contribution < 1.29 is 28.5 Å². The fourth-order valence-corrected chi connectivity index (χ4v) is 5.35. The lowest BCUT2D eigenvalue weighted by molar-refractivity contribution is -0.139. The van der Waals surface area contributed by atoms with Crippen molar-refractivity contribution in [2.75, 3.05) is 34.5 Å². The van der Waals surface area contributed by atoms with E-state index in [1.54, 1.807) is 50.3 Å². The lowest BCUT2D eigenvalue weighted by Crippen LogP contribution is -2.39. The molecule has 2 heterocycles. The van der Waals surface area contributed by atoms with E-state index in [1.165, 1.54) is 37.2 Å². The third-order valence-electron chi connectivity index (χ3n) is 6.10. The summed E-state index contributed by atoms with van der Waals surface area (Å²) >= 11 is 1.22. The van der Waals surface area contributed by atoms with Crippen LogP contribution in [0.2, 0.25) is 0 Å². The first-order chi connectivity index (χ1) is 18.9. The van der Waals surface area contributed by atoms with Gasteiger partial charge in [0, 0.05) is 11.6 Å². The highest BCUT2D eigenvalue weighted by Gasteiger charge is 2.33. The number of esters is 1. The average Bonchev–Trinajstić information content (AvgIpc) is 3.25. The maximum Gasteiger partial charge on any atom is 0.338 e. The van der Waals surface area contributed by atoms with Gasteiger partial charge < -0.3 is 23.7 Å². The standard InChI is InChI=1S/C29H30N2O7S/c1-7-13-38-20-11-9-18(10-12-20)26-25(28(33)37-8-2)17(3)30-29-31(26)27(32)24(39-29)15-19-14-22(35-5)23(36-6)16-21(19)34-4/h7,9-12,14-16,26H,1,8,13H2,2-6H3/t26-/m1/s1. The van der Waals surface area contributed by atoms with Crippen LogP contribution in [-0.4, -0.2) is 45.1 Å². The first-order valence-corrected chi connectivity index (χ1v) is 13.0. The van der Waals surface area contributed by atoms with Crippen LogP contribution in [0.1, 0.15) is 31.0 Å². The summed E-state index contributed by atoms with van der Waals surface area (Å²) in [4.78, 5) is 32.1. The quantitative estimate of drug-likeness (QED) is 0.282. The van der Waals surface area contributed by atoms with Gasteiger partial charge >= 0.3 is 5.97 Å². The molecule has 0 bridgehead atoms. The maximum atomic E-state index is 13.9. The molecule has 1 aromatic heterocycles. The molecule has 0 spiro atoms. The number of nitrogens with zero attached hydrogens (tertiary/aromatic N) is 2. The normalized spacial score (nSPS) is 14.8. The Morgan fingerprint density at radius 3 is 2.36 bits per heavy atom. The molecular formula is C29H30N2O7S. The Bertz CT molecular complexity index is 1600. The van der Waals surface area contributed by atoms with Crippen LogP contribution in [0.4, 0.5) is 0 Å². The molecular weight excluding hydrogens is 520 g/mol. The van der Waals surface area contributed by atoms with Gasteiger partial charge in [-0.3, -0.25) is 9.36 Å². The van der Waals surface area contributed by atoms with E-state index in [1.807, 2.05) is 12.1 Å². The molecule has 0 saturated heterocycles. The third-order valence-corrected chi connectivity index (χ3v) is 7.09. The molecule has 3 aromatic rings. The molecule has 1 aliphatic rings. The van der Waals surface area contributed by atoms with Crippen LogP contribution in [0.15, 0.2) is 70.1 Å². The largest absolute Gasteiger partial charge is 0.496 e. The van der Waals surface area contributed by atoms with Gasteiger partial charge in [0.25, 0.3) is 5.56 Å². The van der Waals surface area contributed by atoms with E-state index in [2.05, 4.69) is 11.6 Å². The van der Waals surface area contributed by atoms with E-state index < -0.39 is 12.0 Å². The van der Waals surface area contributed by atoms with Gasteiger partial charge in [-0.1, -0.05) is 36.1 Å². The molecule has 1 atom stereocenters. The smallest absolute Gasteiger partial charge is 0.338 e. The number of carbonyl (C=O) groups is 1. The van der Waals surface area contributed by atoms with Crippen LogP contribution in [0.3, 0.4) is 0 Å². The van der Waals surface area contributed by atoms with E-state index in [-0.39, 0.29) is 12.2 Å². The number of thiazole rings is 1. The van der Waals surface area contributed by atoms with Crippen molar-refractivity contribution in [1.82, 2.24) is 4.57 Å². The molecule has 9 nitrogen and oxygen atoms in total. The molecule has 0 saturated carbocycles. The summed E-state index contributed by atoms with van der Waals surface area (Å²) in [5.74, 6) is 1.63. The Morgan fingerprint density at radius 2 is 1.74 bits per heavy atom. The predicted molar refractivity (Wildman–Crippen MR) is 149 cm³/mol. The van der Waals surface area contributed by atoms with Gasteiger partial charge in [0.15, 0.2) is 16.3 Å². The second kappa shape index (κ2) is 12.0. The van der Waals surface area contributed by atoms with Gasteiger partial charge in [-0.15, -0.1) is 0 Å². The number of aromatic nitrogens is 1. The Balaban J connectivity index is 1.92. The van der Waals surface area contributed by atoms with Crippen molar-refractivity contribution in [2.24, 2.45) is 4.99 Å². The summed E-state index contributed by atoms with van der Waals surface area (Å²) in [6.45, 7) is 7.70. The number of allylic oxidation sites excluding steroid dienone is 1. The van der Waals surface area contributed by atoms with Crippen molar-refractivity contribution in [1.29, 1.82) is 0 Å². The van der Waals surface area contributed by atoms with Crippen molar-refractivity contribution in [3.8, 4) is 23.0 Å². The van der Waals surface area contributed by atoms with Crippen molar-refractivity contribution >= 4 is 23.4 Å². The second-order valence-corrected chi connectivity index (χ2v) is 9.43. The van der Waals surface area contributed by atoms with Crippen LogP contribution in [0.5, 0.6) is 23.0 Å². The number of rotatable bonds is 10. The molecule has 204 valence electrons. The topological polar surface area (TPSA) is 97.6 Å². The fraction of sp³-hybridized carbons (Fsp3) is 0.276. The number of methoxy groups -OCH3 is 3. The van der Waals surface area contributed by atoms with Crippen LogP contribution in [0.25, 0.3) is 6.08 Å². The van der Waals surface area contributed by atoms with E-state index in [0.29, 0.717) is 55.8 Å². The predicted octanol–water partition coefficient (Wildman–Crippen LogP) is 3.39. The first-order valence-electron chi connectivity index (χ1n) is 12.2. The summed E-state index contributed by atoms with van der Waals surface area (Å²) in [6.07, 6.45) is 3.38. The lowest BCUT2D eigenvalue weighted by Gasteiger charge is -2.24. The minimum absolute atomic E-state index is 0.195. The number of carbonyl (C=O) groups excluding carboxylic acids is 1. The van der Waals surface area contributed by atoms with Crippen LogP contribution < -0.4 is 33.8 Å². The number of hydrogen-bond acceptors (Lipinski definition) is 9. The van der Waals surface area contributed by atoms with E-state index in [0.717, 1.165) is 5.56 Å². The minimum Gasteiger partial charge on any atom is -0.496 e. The van der Waals surface area contributed by atoms with Gasteiger partial charge in [-0.25, -0.2) is 9.79 Å². The summed E-state index contributed by atoms with van der Waals surface area (Å²) in [5.41, 5.74) is 1.83. The number of ether oxygens (including phenoxy) is 5. The Morgan fingerprint density at radius 1 is 1.08 bits per heavy atom. The highest BCUT2D eigenvalue weighted by molar-refractivity contribution is 7.07. The SMILES string of the molecule is C=CCOc1ccc([C@@H]2C(C(=O)OCC)=C(C)N=c3sc(=Cc4cc(OC)c(OC)cc4OC)c(=O)n32)cc1. The number of fused-ring (bicyclic) bond motifs is 1. The molecule has 0 aliphatic carbocycles. The fourth-order valence-electron chi connectivity index (χ4n) is 4.32. The number of hydrogen-bond donors (Lipinski definition) is 0. The molecule has 0 amide bonds. The van der Waals surface area contributed by atoms with Gasteiger partial charge in [-0.2, -0.15) is 0 Å². The van der Waals surface area contributed by atoms with E-state index >= 15 is 0 Å². The molecule has 4 rings (SSSR count). The van der Waals surface area contributed by atoms with Crippen molar-refractivity contribution in [3.05, 3.63) is 91.1 Å². The van der Waals surface area contributed by atoms with Gasteiger partial charge in [0.05, 0.1) is 49.8 Å². The van der Waals surface area contributed by atoms with Crippen LogP contribution >= 0.6 is 11.3 Å². The second-order valence-electron chi connectivity index (χ2n) is 8.42. The molecule has 0 unspecified atom stereocenters. The first kappa shape index (κ1) is 27.7. The van der Waals surface area contributed by atoms with E-state index in [9.17, 15) is 9.59 Å². The zero-order valence-corrected chi connectivity index (χ0v) is 23.3. The molecule has 2 aromatic carbocycles. The van der Waals surface area contributed by atoms with Gasteiger partial charge in [-0.05, 0) is 43.7 Å². The Labute approximate surface area is 229 Å². The monoisotopic (exact) mass is 550 g/mol. The highest BCUT2D eigenvalue weighted by atomic mass is 32.1. The molecule has 0 N–H and O–H groups in total. The van der Waals surface area contributed by atoms with Crippen LogP contribution in [0, 0.1) is 0 Å².